The van der Waals surface area contributed by atoms with Gasteiger partial charge in [-0.2, -0.15) is 0 Å². The van der Waals surface area contributed by atoms with E-state index in [-0.39, 0.29) is 18.4 Å². The maximum absolute atomic E-state index is 12.0. The van der Waals surface area contributed by atoms with Gasteiger partial charge in [-0.1, -0.05) is 0 Å². The fourth-order valence-electron chi connectivity index (χ4n) is 2.51. The van der Waals surface area contributed by atoms with Crippen LogP contribution in [-0.4, -0.2) is 61.6 Å². The van der Waals surface area contributed by atoms with Gasteiger partial charge in [0.1, 0.15) is 18.4 Å². The molecular formula is C10H13N7O3. The number of nitrogens with one attached hydrogen (secondary N) is 2. The van der Waals surface area contributed by atoms with Crippen LogP contribution in [0.1, 0.15) is 12.8 Å². The van der Waals surface area contributed by atoms with Crippen molar-refractivity contribution in [2.45, 2.75) is 24.9 Å². The van der Waals surface area contributed by atoms with Crippen LogP contribution in [0.25, 0.3) is 0 Å². The van der Waals surface area contributed by atoms with E-state index in [0.717, 1.165) is 0 Å². The number of carbonyl (C=O) groups is 3. The Hall–Kier alpha value is -2.52. The van der Waals surface area contributed by atoms with Gasteiger partial charge in [0.15, 0.2) is 0 Å². The van der Waals surface area contributed by atoms with Crippen LogP contribution in [0.5, 0.6) is 0 Å². The Labute approximate surface area is 113 Å². The van der Waals surface area contributed by atoms with E-state index in [1.165, 1.54) is 11.0 Å². The summed E-state index contributed by atoms with van der Waals surface area (Å²) in [5, 5.41) is 15.4. The standard InChI is InChI=1S/C10H13N7O3/c18-7(5-17-6-11-14-15-17)16-3-1-10(2-4-16)8(19)12-9(20)13-10/h6H,1-5H2,(H2,12,13,19,20). The molecule has 20 heavy (non-hydrogen) atoms. The van der Waals surface area contributed by atoms with Crippen LogP contribution in [0.4, 0.5) is 4.79 Å². The van der Waals surface area contributed by atoms with Crippen molar-refractivity contribution in [1.29, 1.82) is 0 Å². The molecule has 1 aromatic rings. The fraction of sp³-hybridized carbons (Fsp3) is 0.600. The predicted molar refractivity (Wildman–Crippen MR) is 63.0 cm³/mol. The van der Waals surface area contributed by atoms with Gasteiger partial charge in [0.2, 0.25) is 5.91 Å². The van der Waals surface area contributed by atoms with Crippen LogP contribution < -0.4 is 10.6 Å². The van der Waals surface area contributed by atoms with Gasteiger partial charge in [-0.25, -0.2) is 9.48 Å². The van der Waals surface area contributed by atoms with Crippen molar-refractivity contribution in [1.82, 2.24) is 35.7 Å². The van der Waals surface area contributed by atoms with Gasteiger partial charge < -0.3 is 10.2 Å². The summed E-state index contributed by atoms with van der Waals surface area (Å²) in [5.74, 6) is -0.424. The zero-order valence-electron chi connectivity index (χ0n) is 10.6. The lowest BCUT2D eigenvalue weighted by Gasteiger charge is -2.36. The van der Waals surface area contributed by atoms with Gasteiger partial charge in [0.05, 0.1) is 0 Å². The molecule has 3 heterocycles. The molecule has 10 heteroatoms. The summed E-state index contributed by atoms with van der Waals surface area (Å²) in [7, 11) is 0. The number of rotatable bonds is 2. The van der Waals surface area contributed by atoms with E-state index in [4.69, 9.17) is 0 Å². The number of likely N-dealkylation sites (tertiary alicyclic amines) is 1. The third kappa shape index (κ3) is 2.08. The summed E-state index contributed by atoms with van der Waals surface area (Å²) < 4.78 is 1.34. The molecule has 1 aromatic heterocycles. The van der Waals surface area contributed by atoms with E-state index in [1.807, 2.05) is 0 Å². The first-order valence-corrected chi connectivity index (χ1v) is 6.21. The summed E-state index contributed by atoms with van der Waals surface area (Å²) in [6.45, 7) is 0.891. The van der Waals surface area contributed by atoms with Crippen LogP contribution in [0.15, 0.2) is 6.33 Å². The molecule has 0 aliphatic carbocycles. The molecule has 4 amide bonds. The quantitative estimate of drug-likeness (QED) is 0.596. The lowest BCUT2D eigenvalue weighted by molar-refractivity contribution is -0.136. The highest BCUT2D eigenvalue weighted by Crippen LogP contribution is 2.25. The molecule has 2 N–H and O–H groups in total. The smallest absolute Gasteiger partial charge is 0.322 e. The molecule has 0 radical (unpaired) electrons. The molecule has 1 spiro atoms. The molecule has 2 aliphatic rings. The molecule has 0 atom stereocenters. The Balaban J connectivity index is 1.60. The van der Waals surface area contributed by atoms with Crippen molar-refractivity contribution in [2.75, 3.05) is 13.1 Å². The summed E-state index contributed by atoms with van der Waals surface area (Å²) in [5.41, 5.74) is -0.858. The number of aromatic nitrogens is 4. The Morgan fingerprint density at radius 2 is 2.10 bits per heavy atom. The van der Waals surface area contributed by atoms with Crippen LogP contribution >= 0.6 is 0 Å². The first-order valence-electron chi connectivity index (χ1n) is 6.21. The van der Waals surface area contributed by atoms with Gasteiger partial charge in [-0.05, 0) is 23.3 Å². The molecular weight excluding hydrogens is 266 g/mol. The zero-order chi connectivity index (χ0) is 14.2. The molecule has 10 nitrogen and oxygen atoms in total. The van der Waals surface area contributed by atoms with Crippen molar-refractivity contribution in [3.8, 4) is 0 Å². The second-order valence-corrected chi connectivity index (χ2v) is 4.88. The third-order valence-electron chi connectivity index (χ3n) is 3.67. The van der Waals surface area contributed by atoms with Crippen molar-refractivity contribution < 1.29 is 14.4 Å². The van der Waals surface area contributed by atoms with E-state index in [2.05, 4.69) is 26.2 Å². The molecule has 0 bridgehead atoms. The first-order chi connectivity index (χ1) is 9.59. The molecule has 3 rings (SSSR count). The minimum Gasteiger partial charge on any atom is -0.341 e. The van der Waals surface area contributed by atoms with Crippen LogP contribution in [0.2, 0.25) is 0 Å². The number of hydrogen-bond acceptors (Lipinski definition) is 6. The van der Waals surface area contributed by atoms with Gasteiger partial charge >= 0.3 is 6.03 Å². The number of nitrogens with zero attached hydrogens (tertiary/aromatic N) is 5. The Morgan fingerprint density at radius 3 is 2.65 bits per heavy atom. The summed E-state index contributed by atoms with van der Waals surface area (Å²) in [6.07, 6.45) is 2.19. The maximum Gasteiger partial charge on any atom is 0.322 e. The second kappa shape index (κ2) is 4.54. The molecule has 0 saturated carbocycles. The highest BCUT2D eigenvalue weighted by atomic mass is 16.2. The van der Waals surface area contributed by atoms with Crippen molar-refractivity contribution in [3.63, 3.8) is 0 Å². The number of tetrazole rings is 1. The monoisotopic (exact) mass is 279 g/mol. The fourth-order valence-corrected chi connectivity index (χ4v) is 2.51. The van der Waals surface area contributed by atoms with E-state index in [0.29, 0.717) is 25.9 Å². The SMILES string of the molecule is O=C1NC(=O)C2(CCN(C(=O)Cn3cnnn3)CC2)N1. The number of amides is 4. The number of piperidine rings is 1. The average molecular weight is 279 g/mol. The molecule has 2 fully saturated rings. The first kappa shape index (κ1) is 12.5. The summed E-state index contributed by atoms with van der Waals surface area (Å²) in [6, 6.07) is -0.469. The predicted octanol–water partition coefficient (Wildman–Crippen LogP) is -2.13. The second-order valence-electron chi connectivity index (χ2n) is 4.88. The van der Waals surface area contributed by atoms with Gasteiger partial charge in [-0.3, -0.25) is 14.9 Å². The van der Waals surface area contributed by atoms with E-state index in [1.54, 1.807) is 4.90 Å². The highest BCUT2D eigenvalue weighted by molar-refractivity contribution is 6.07. The van der Waals surface area contributed by atoms with Crippen molar-refractivity contribution >= 4 is 17.8 Å². The molecule has 0 unspecified atom stereocenters. The van der Waals surface area contributed by atoms with Gasteiger partial charge in [0.25, 0.3) is 5.91 Å². The lowest BCUT2D eigenvalue weighted by atomic mass is 9.88. The highest BCUT2D eigenvalue weighted by Gasteiger charge is 2.48. The molecule has 2 aliphatic heterocycles. The van der Waals surface area contributed by atoms with Crippen LogP contribution in [-0.2, 0) is 16.1 Å². The van der Waals surface area contributed by atoms with E-state index < -0.39 is 11.6 Å². The van der Waals surface area contributed by atoms with Crippen molar-refractivity contribution in [3.05, 3.63) is 6.33 Å². The number of urea groups is 1. The normalized spacial score (nSPS) is 20.9. The van der Waals surface area contributed by atoms with E-state index >= 15 is 0 Å². The minimum atomic E-state index is -0.858. The average Bonchev–Trinajstić information content (AvgIpc) is 3.00. The number of imide groups is 1. The number of carbonyl (C=O) groups excluding carboxylic acids is 3. The van der Waals surface area contributed by atoms with Gasteiger partial charge in [0, 0.05) is 13.1 Å². The Morgan fingerprint density at radius 1 is 1.35 bits per heavy atom. The lowest BCUT2D eigenvalue weighted by Crippen LogP contribution is -2.56. The summed E-state index contributed by atoms with van der Waals surface area (Å²) in [4.78, 5) is 36.7. The molecule has 106 valence electrons. The topological polar surface area (TPSA) is 122 Å². The van der Waals surface area contributed by atoms with Crippen molar-refractivity contribution in [2.24, 2.45) is 0 Å². The Kier molecular flexibility index (Phi) is 2.84. The van der Waals surface area contributed by atoms with Crippen LogP contribution in [0.3, 0.4) is 0 Å². The summed E-state index contributed by atoms with van der Waals surface area (Å²) >= 11 is 0. The maximum atomic E-state index is 12.0. The van der Waals surface area contributed by atoms with Gasteiger partial charge in [-0.15, -0.1) is 5.10 Å². The van der Waals surface area contributed by atoms with E-state index in [9.17, 15) is 14.4 Å². The largest absolute Gasteiger partial charge is 0.341 e. The molecule has 2 saturated heterocycles. The zero-order valence-corrected chi connectivity index (χ0v) is 10.6. The van der Waals surface area contributed by atoms with Crippen LogP contribution in [0, 0.1) is 0 Å². The molecule has 0 aromatic carbocycles. The minimum absolute atomic E-state index is 0.0680. The Bertz CT molecular complexity index is 547. The third-order valence-corrected chi connectivity index (χ3v) is 3.67. The number of hydrogen-bond donors (Lipinski definition) is 2.